The number of ether oxygens (including phenoxy) is 2. The molecule has 2 atom stereocenters. The van der Waals surface area contributed by atoms with Gasteiger partial charge in [0.2, 0.25) is 0 Å². The van der Waals surface area contributed by atoms with E-state index in [1.54, 1.807) is 38.3 Å². The number of carbonyl (C=O) groups is 1. The number of anilines is 1. The van der Waals surface area contributed by atoms with Gasteiger partial charge < -0.3 is 19.9 Å². The molecule has 0 bridgehead atoms. The number of esters is 1. The fourth-order valence-electron chi connectivity index (χ4n) is 3.62. The van der Waals surface area contributed by atoms with Crippen molar-refractivity contribution in [3.05, 3.63) is 100 Å². The van der Waals surface area contributed by atoms with E-state index in [9.17, 15) is 20.0 Å². The van der Waals surface area contributed by atoms with Crippen LogP contribution in [0.25, 0.3) is 0 Å². The van der Waals surface area contributed by atoms with E-state index >= 15 is 0 Å². The van der Waals surface area contributed by atoms with Crippen molar-refractivity contribution in [1.29, 1.82) is 0 Å². The summed E-state index contributed by atoms with van der Waals surface area (Å²) in [5.74, 6) is -0.00298. The highest BCUT2D eigenvalue weighted by atomic mass is 16.6. The van der Waals surface area contributed by atoms with Crippen LogP contribution in [0.2, 0.25) is 0 Å². The Morgan fingerprint density at radius 3 is 2.24 bits per heavy atom. The molecule has 8 heteroatoms. The van der Waals surface area contributed by atoms with Crippen LogP contribution >= 0.6 is 0 Å². The maximum Gasteiger partial charge on any atom is 0.335 e. The molecule has 0 amide bonds. The molecular weight excluding hydrogens is 424 g/mol. The Morgan fingerprint density at radius 1 is 1.06 bits per heavy atom. The number of nitro benzene ring substituents is 1. The van der Waals surface area contributed by atoms with Gasteiger partial charge in [0.15, 0.2) is 5.54 Å². The number of benzene rings is 3. The van der Waals surface area contributed by atoms with Crippen LogP contribution in [0.5, 0.6) is 5.75 Å². The van der Waals surface area contributed by atoms with E-state index in [4.69, 9.17) is 9.47 Å². The Hall–Kier alpha value is -3.91. The second-order valence-electron chi connectivity index (χ2n) is 7.46. The molecule has 3 aromatic carbocycles. The Balaban J connectivity index is 2.10. The lowest BCUT2D eigenvalue weighted by Crippen LogP contribution is -2.54. The largest absolute Gasteiger partial charge is 0.497 e. The molecule has 0 fully saturated rings. The lowest BCUT2D eigenvalue weighted by molar-refractivity contribution is -0.384. The zero-order chi connectivity index (χ0) is 23.8. The van der Waals surface area contributed by atoms with E-state index < -0.39 is 22.5 Å². The highest BCUT2D eigenvalue weighted by molar-refractivity contribution is 5.86. The van der Waals surface area contributed by atoms with Gasteiger partial charge in [-0.3, -0.25) is 10.1 Å². The third-order valence-electron chi connectivity index (χ3n) is 5.31. The minimum Gasteiger partial charge on any atom is -0.497 e. The molecule has 0 aromatic heterocycles. The quantitative estimate of drug-likeness (QED) is 0.269. The fourth-order valence-corrected chi connectivity index (χ4v) is 3.62. The van der Waals surface area contributed by atoms with Gasteiger partial charge in [0.05, 0.1) is 18.6 Å². The first-order valence-electron chi connectivity index (χ1n) is 10.5. The molecule has 3 rings (SSSR count). The minimum atomic E-state index is -1.61. The first-order chi connectivity index (χ1) is 15.9. The maximum atomic E-state index is 13.4. The number of nitro groups is 1. The summed E-state index contributed by atoms with van der Waals surface area (Å²) in [6.45, 7) is 1.81. The van der Waals surface area contributed by atoms with Crippen LogP contribution in [0, 0.1) is 10.1 Å². The summed E-state index contributed by atoms with van der Waals surface area (Å²) >= 11 is 0. The van der Waals surface area contributed by atoms with E-state index in [0.29, 0.717) is 17.0 Å². The number of nitrogens with one attached hydrogen (secondary N) is 1. The topological polar surface area (TPSA) is 111 Å². The molecule has 0 heterocycles. The first-order valence-corrected chi connectivity index (χ1v) is 10.5. The molecule has 172 valence electrons. The number of hydrogen-bond donors (Lipinski definition) is 2. The number of aliphatic hydroxyl groups is 1. The molecule has 33 heavy (non-hydrogen) atoms. The van der Waals surface area contributed by atoms with Gasteiger partial charge in [-0.1, -0.05) is 30.3 Å². The number of methoxy groups -OCH3 is 1. The Morgan fingerprint density at radius 2 is 1.70 bits per heavy atom. The van der Waals surface area contributed by atoms with Gasteiger partial charge in [-0.15, -0.1) is 0 Å². The third kappa shape index (κ3) is 5.48. The molecule has 0 saturated carbocycles. The van der Waals surface area contributed by atoms with Crippen molar-refractivity contribution in [2.45, 2.75) is 25.0 Å². The highest BCUT2D eigenvalue weighted by Crippen LogP contribution is 2.35. The molecule has 0 saturated heterocycles. The van der Waals surface area contributed by atoms with Crippen LogP contribution in [0.3, 0.4) is 0 Å². The second kappa shape index (κ2) is 10.6. The van der Waals surface area contributed by atoms with Gasteiger partial charge in [-0.05, 0) is 54.4 Å². The van der Waals surface area contributed by atoms with Crippen LogP contribution in [-0.4, -0.2) is 35.3 Å². The molecule has 2 N–H and O–H groups in total. The summed E-state index contributed by atoms with van der Waals surface area (Å²) in [5, 5.41) is 25.8. The van der Waals surface area contributed by atoms with Crippen LogP contribution in [-0.2, 0) is 16.0 Å². The summed E-state index contributed by atoms with van der Waals surface area (Å²) in [4.78, 5) is 23.9. The smallest absolute Gasteiger partial charge is 0.335 e. The average molecular weight is 450 g/mol. The predicted molar refractivity (Wildman–Crippen MR) is 124 cm³/mol. The zero-order valence-corrected chi connectivity index (χ0v) is 18.4. The van der Waals surface area contributed by atoms with Gasteiger partial charge in [0, 0.05) is 24.2 Å². The summed E-state index contributed by atoms with van der Waals surface area (Å²) in [6.07, 6.45) is -1.27. The van der Waals surface area contributed by atoms with Crippen molar-refractivity contribution in [3.8, 4) is 5.75 Å². The summed E-state index contributed by atoms with van der Waals surface area (Å²) in [7, 11) is 1.55. The van der Waals surface area contributed by atoms with E-state index in [1.807, 2.05) is 30.3 Å². The zero-order valence-electron chi connectivity index (χ0n) is 18.4. The molecule has 0 aliphatic rings. The lowest BCUT2D eigenvalue weighted by Gasteiger charge is -2.37. The van der Waals surface area contributed by atoms with Crippen LogP contribution in [0.1, 0.15) is 24.2 Å². The van der Waals surface area contributed by atoms with Crippen molar-refractivity contribution < 1.29 is 24.3 Å². The molecular formula is C25H26N2O6. The third-order valence-corrected chi connectivity index (χ3v) is 5.31. The standard InChI is InChI=1S/C25H26N2O6/c1-3-33-24(29)25(17-18-7-5-4-6-8-18,26-20-11-15-22(32-2)16-12-20)23(28)19-9-13-21(14-10-19)27(30)31/h4-16,23,26,28H,3,17H2,1-2H3. The first kappa shape index (κ1) is 23.7. The molecule has 0 aliphatic carbocycles. The van der Waals surface area contributed by atoms with Crippen molar-refractivity contribution in [2.75, 3.05) is 19.0 Å². The van der Waals surface area contributed by atoms with Crippen molar-refractivity contribution in [1.82, 2.24) is 0 Å². The maximum absolute atomic E-state index is 13.4. The molecule has 0 aliphatic heterocycles. The van der Waals surface area contributed by atoms with Crippen LogP contribution < -0.4 is 10.1 Å². The van der Waals surface area contributed by atoms with Crippen LogP contribution in [0.15, 0.2) is 78.9 Å². The number of nitrogens with zero attached hydrogens (tertiary/aromatic N) is 1. The van der Waals surface area contributed by atoms with Crippen molar-refractivity contribution in [2.24, 2.45) is 0 Å². The molecule has 0 radical (unpaired) electrons. The van der Waals surface area contributed by atoms with Gasteiger partial charge in [-0.2, -0.15) is 0 Å². The number of hydrogen-bond acceptors (Lipinski definition) is 7. The summed E-state index contributed by atoms with van der Waals surface area (Å²) < 4.78 is 10.6. The average Bonchev–Trinajstić information content (AvgIpc) is 2.84. The lowest BCUT2D eigenvalue weighted by atomic mass is 9.81. The molecule has 2 unspecified atom stereocenters. The van der Waals surface area contributed by atoms with Gasteiger partial charge in [0.1, 0.15) is 11.9 Å². The molecule has 8 nitrogen and oxygen atoms in total. The predicted octanol–water partition coefficient (Wildman–Crippen LogP) is 4.29. The Labute approximate surface area is 191 Å². The summed E-state index contributed by atoms with van der Waals surface area (Å²) in [6, 6.07) is 21.7. The van der Waals surface area contributed by atoms with Crippen LogP contribution in [0.4, 0.5) is 11.4 Å². The molecule has 0 spiro atoms. The van der Waals surface area contributed by atoms with Gasteiger partial charge in [-0.25, -0.2) is 4.79 Å². The SMILES string of the molecule is CCOC(=O)C(Cc1ccccc1)(Nc1ccc(OC)cc1)C(O)c1ccc([N+](=O)[O-])cc1. The number of non-ortho nitro benzene ring substituents is 1. The highest BCUT2D eigenvalue weighted by Gasteiger charge is 2.48. The number of aliphatic hydroxyl groups excluding tert-OH is 1. The minimum absolute atomic E-state index is 0.108. The van der Waals surface area contributed by atoms with Crippen molar-refractivity contribution in [3.63, 3.8) is 0 Å². The monoisotopic (exact) mass is 450 g/mol. The van der Waals surface area contributed by atoms with E-state index in [1.165, 1.54) is 24.3 Å². The molecule has 3 aromatic rings. The number of rotatable bonds is 10. The second-order valence-corrected chi connectivity index (χ2v) is 7.46. The van der Waals surface area contributed by atoms with Crippen molar-refractivity contribution >= 4 is 17.3 Å². The van der Waals surface area contributed by atoms with E-state index in [2.05, 4.69) is 5.32 Å². The normalized spacial score (nSPS) is 13.4. The van der Waals surface area contributed by atoms with E-state index in [-0.39, 0.29) is 18.7 Å². The van der Waals surface area contributed by atoms with Gasteiger partial charge >= 0.3 is 5.97 Å². The fraction of sp³-hybridized carbons (Fsp3) is 0.240. The van der Waals surface area contributed by atoms with Gasteiger partial charge in [0.25, 0.3) is 5.69 Å². The Bertz CT molecular complexity index is 1070. The Kier molecular flexibility index (Phi) is 7.63. The summed E-state index contributed by atoms with van der Waals surface area (Å²) in [5.41, 5.74) is -0.0139. The number of carbonyl (C=O) groups excluding carboxylic acids is 1. The van der Waals surface area contributed by atoms with E-state index in [0.717, 1.165) is 5.56 Å².